The highest BCUT2D eigenvalue weighted by molar-refractivity contribution is 6.05. The molecule has 7 heteroatoms. The van der Waals surface area contributed by atoms with Crippen LogP contribution < -0.4 is 16.6 Å². The number of nitrogen functional groups attached to an aromatic ring is 1. The minimum atomic E-state index is -0.434. The summed E-state index contributed by atoms with van der Waals surface area (Å²) in [5.41, 5.74) is 11.0. The summed E-state index contributed by atoms with van der Waals surface area (Å²) in [5.74, 6) is 0.599. The van der Waals surface area contributed by atoms with Crippen LogP contribution in [0.15, 0.2) is 71.7 Å². The molecule has 2 aromatic carbocycles. The van der Waals surface area contributed by atoms with Crippen LogP contribution in [0, 0.1) is 6.92 Å². The van der Waals surface area contributed by atoms with Crippen molar-refractivity contribution < 1.29 is 4.79 Å². The number of hydrogen-bond acceptors (Lipinski definition) is 4. The summed E-state index contributed by atoms with van der Waals surface area (Å²) in [6, 6.07) is 18.9. The van der Waals surface area contributed by atoms with Crippen LogP contribution in [0.2, 0.25) is 0 Å². The van der Waals surface area contributed by atoms with Crippen LogP contribution in [0.25, 0.3) is 16.8 Å². The van der Waals surface area contributed by atoms with Crippen molar-refractivity contribution in [3.8, 4) is 16.8 Å². The number of hydrogen-bond donors (Lipinski definition) is 2. The first-order chi connectivity index (χ1) is 17.4. The van der Waals surface area contributed by atoms with E-state index in [2.05, 4.69) is 16.4 Å². The molecule has 0 aliphatic heterocycles. The van der Waals surface area contributed by atoms with Crippen LogP contribution in [0.4, 0.5) is 11.5 Å². The topological polar surface area (TPSA) is 94.9 Å². The number of amides is 1. The quantitative estimate of drug-likeness (QED) is 0.397. The molecule has 1 aliphatic rings. The Kier molecular flexibility index (Phi) is 6.46. The summed E-state index contributed by atoms with van der Waals surface area (Å²) in [7, 11) is 1.77. The predicted octanol–water partition coefficient (Wildman–Crippen LogP) is 5.43. The van der Waals surface area contributed by atoms with E-state index in [0.717, 1.165) is 11.1 Å². The lowest BCUT2D eigenvalue weighted by atomic mass is 9.84. The zero-order chi connectivity index (χ0) is 25.2. The van der Waals surface area contributed by atoms with Crippen molar-refractivity contribution >= 4 is 17.4 Å². The Morgan fingerprint density at radius 2 is 1.72 bits per heavy atom. The van der Waals surface area contributed by atoms with Crippen LogP contribution in [0.5, 0.6) is 0 Å². The molecule has 2 aromatic heterocycles. The fourth-order valence-corrected chi connectivity index (χ4v) is 5.14. The molecule has 7 nitrogen and oxygen atoms in total. The molecule has 0 bridgehead atoms. The number of nitrogens with one attached hydrogen (secondary N) is 1. The number of nitrogens with zero attached hydrogens (tertiary/aromatic N) is 3. The summed E-state index contributed by atoms with van der Waals surface area (Å²) in [6.07, 6.45) is 8.13. The molecule has 5 rings (SSSR count). The molecule has 4 aromatic rings. The van der Waals surface area contributed by atoms with E-state index in [1.165, 1.54) is 42.3 Å². The van der Waals surface area contributed by atoms with Crippen molar-refractivity contribution in [3.63, 3.8) is 0 Å². The summed E-state index contributed by atoms with van der Waals surface area (Å²) >= 11 is 0. The molecule has 0 unspecified atom stereocenters. The maximum atomic E-state index is 13.1. The minimum absolute atomic E-state index is 0.124. The van der Waals surface area contributed by atoms with Gasteiger partial charge in [-0.05, 0) is 67.1 Å². The van der Waals surface area contributed by atoms with Crippen molar-refractivity contribution in [3.05, 3.63) is 94.0 Å². The van der Waals surface area contributed by atoms with Gasteiger partial charge < -0.3 is 11.1 Å². The van der Waals surface area contributed by atoms with Gasteiger partial charge in [-0.3, -0.25) is 14.3 Å². The van der Waals surface area contributed by atoms with E-state index in [-0.39, 0.29) is 11.1 Å². The van der Waals surface area contributed by atoms with Crippen molar-refractivity contribution in [2.45, 2.75) is 44.9 Å². The molecular formula is C29H31N5O2. The van der Waals surface area contributed by atoms with E-state index in [1.807, 2.05) is 60.8 Å². The number of carbonyl (C=O) groups is 1. The fourth-order valence-electron chi connectivity index (χ4n) is 5.14. The SMILES string of the molecule is Cc1c(C(=O)Nc2ccc(-c3cc(C4CCCCC4)cnc3N)cc2)c(=O)n(-c2ccccc2)n1C. The molecule has 1 fully saturated rings. The highest BCUT2D eigenvalue weighted by Crippen LogP contribution is 2.35. The van der Waals surface area contributed by atoms with Crippen molar-refractivity contribution in [1.82, 2.24) is 14.3 Å². The van der Waals surface area contributed by atoms with E-state index in [1.54, 1.807) is 18.7 Å². The highest BCUT2D eigenvalue weighted by atomic mass is 16.2. The Bertz CT molecular complexity index is 1450. The van der Waals surface area contributed by atoms with E-state index in [4.69, 9.17) is 5.73 Å². The molecule has 0 radical (unpaired) electrons. The number of para-hydroxylation sites is 1. The van der Waals surface area contributed by atoms with Gasteiger partial charge in [-0.15, -0.1) is 0 Å². The third-order valence-electron chi connectivity index (χ3n) is 7.25. The zero-order valence-electron chi connectivity index (χ0n) is 20.7. The van der Waals surface area contributed by atoms with Gasteiger partial charge in [-0.25, -0.2) is 9.67 Å². The Balaban J connectivity index is 1.38. The largest absolute Gasteiger partial charge is 0.383 e. The molecule has 0 atom stereocenters. The molecule has 36 heavy (non-hydrogen) atoms. The van der Waals surface area contributed by atoms with Gasteiger partial charge in [0.1, 0.15) is 11.4 Å². The first-order valence-corrected chi connectivity index (χ1v) is 12.5. The third kappa shape index (κ3) is 4.44. The highest BCUT2D eigenvalue weighted by Gasteiger charge is 2.22. The minimum Gasteiger partial charge on any atom is -0.383 e. The third-order valence-corrected chi connectivity index (χ3v) is 7.25. The van der Waals surface area contributed by atoms with E-state index in [9.17, 15) is 9.59 Å². The Labute approximate surface area is 210 Å². The van der Waals surface area contributed by atoms with Gasteiger partial charge >= 0.3 is 0 Å². The fraction of sp³-hybridized carbons (Fsp3) is 0.276. The molecular weight excluding hydrogens is 450 g/mol. The summed E-state index contributed by atoms with van der Waals surface area (Å²) in [5, 5.41) is 2.88. The standard InChI is InChI=1S/C29H31N5O2/c1-19-26(29(36)34(33(19)2)24-11-7-4-8-12-24)28(35)32-23-15-13-21(14-16-23)25-17-22(18-31-27(25)30)20-9-5-3-6-10-20/h4,7-8,11-18,20H,3,5-6,9-10H2,1-2H3,(H2,30,31)(H,32,35). The Hall–Kier alpha value is -4.13. The number of rotatable bonds is 5. The first kappa shape index (κ1) is 23.6. The molecule has 0 spiro atoms. The number of benzene rings is 2. The second-order valence-electron chi connectivity index (χ2n) is 9.50. The van der Waals surface area contributed by atoms with Gasteiger partial charge in [-0.1, -0.05) is 49.6 Å². The number of carbonyl (C=O) groups excluding carboxylic acids is 1. The lowest BCUT2D eigenvalue weighted by Crippen LogP contribution is -2.25. The van der Waals surface area contributed by atoms with Gasteiger partial charge in [0, 0.05) is 24.5 Å². The van der Waals surface area contributed by atoms with Gasteiger partial charge in [0.25, 0.3) is 11.5 Å². The van der Waals surface area contributed by atoms with Gasteiger partial charge in [-0.2, -0.15) is 0 Å². The Morgan fingerprint density at radius 3 is 2.42 bits per heavy atom. The second-order valence-corrected chi connectivity index (χ2v) is 9.50. The Morgan fingerprint density at radius 1 is 1.03 bits per heavy atom. The number of pyridine rings is 1. The summed E-state index contributed by atoms with van der Waals surface area (Å²) in [4.78, 5) is 30.7. The number of anilines is 2. The molecule has 2 heterocycles. The van der Waals surface area contributed by atoms with Crippen molar-refractivity contribution in [2.75, 3.05) is 11.1 Å². The monoisotopic (exact) mass is 481 g/mol. The number of nitrogens with two attached hydrogens (primary N) is 1. The smallest absolute Gasteiger partial charge is 0.284 e. The summed E-state index contributed by atoms with van der Waals surface area (Å²) < 4.78 is 3.20. The molecule has 184 valence electrons. The number of aromatic nitrogens is 3. The van der Waals surface area contributed by atoms with E-state index < -0.39 is 5.91 Å². The normalized spacial score (nSPS) is 14.1. The van der Waals surface area contributed by atoms with Gasteiger partial charge in [0.2, 0.25) is 0 Å². The lowest BCUT2D eigenvalue weighted by Gasteiger charge is -2.22. The zero-order valence-corrected chi connectivity index (χ0v) is 20.7. The second kappa shape index (κ2) is 9.85. The molecule has 1 aliphatic carbocycles. The maximum Gasteiger partial charge on any atom is 0.284 e. The van der Waals surface area contributed by atoms with Gasteiger partial charge in [0.05, 0.1) is 11.4 Å². The summed E-state index contributed by atoms with van der Waals surface area (Å²) in [6.45, 7) is 1.77. The lowest BCUT2D eigenvalue weighted by molar-refractivity contribution is 0.102. The molecule has 1 saturated carbocycles. The average molecular weight is 482 g/mol. The predicted molar refractivity (Wildman–Crippen MR) is 144 cm³/mol. The maximum absolute atomic E-state index is 13.1. The van der Waals surface area contributed by atoms with Crippen molar-refractivity contribution in [2.24, 2.45) is 7.05 Å². The van der Waals surface area contributed by atoms with Crippen molar-refractivity contribution in [1.29, 1.82) is 0 Å². The van der Waals surface area contributed by atoms with Crippen LogP contribution in [0.3, 0.4) is 0 Å². The van der Waals surface area contributed by atoms with E-state index in [0.29, 0.717) is 28.8 Å². The van der Waals surface area contributed by atoms with Crippen LogP contribution in [-0.4, -0.2) is 20.3 Å². The average Bonchev–Trinajstić information content (AvgIpc) is 3.13. The molecule has 3 N–H and O–H groups in total. The molecule has 0 saturated heterocycles. The van der Waals surface area contributed by atoms with Gasteiger partial charge in [0.15, 0.2) is 0 Å². The molecule has 1 amide bonds. The first-order valence-electron chi connectivity index (χ1n) is 12.5. The van der Waals surface area contributed by atoms with Crippen LogP contribution in [-0.2, 0) is 7.05 Å². The van der Waals surface area contributed by atoms with Crippen LogP contribution in [0.1, 0.15) is 59.6 Å². The van der Waals surface area contributed by atoms with Crippen LogP contribution >= 0.6 is 0 Å². The van der Waals surface area contributed by atoms with E-state index >= 15 is 0 Å².